The van der Waals surface area contributed by atoms with Crippen LogP contribution in [-0.2, 0) is 4.74 Å². The van der Waals surface area contributed by atoms with Crippen molar-refractivity contribution in [2.75, 3.05) is 25.6 Å². The molecule has 0 unspecified atom stereocenters. The van der Waals surface area contributed by atoms with Crippen LogP contribution in [0.2, 0.25) is 0 Å². The van der Waals surface area contributed by atoms with Crippen LogP contribution < -0.4 is 11.1 Å². The normalized spacial score (nSPS) is 11.3. The molecular weight excluding hydrogens is 246 g/mol. The van der Waals surface area contributed by atoms with Gasteiger partial charge in [-0.1, -0.05) is 26.1 Å². The molecule has 1 aromatic heterocycles. The van der Waals surface area contributed by atoms with E-state index in [0.29, 0.717) is 10.7 Å². The van der Waals surface area contributed by atoms with Crippen LogP contribution in [0.15, 0.2) is 18.3 Å². The van der Waals surface area contributed by atoms with E-state index in [1.807, 2.05) is 12.1 Å². The number of hydrogen-bond donors (Lipinski definition) is 2. The molecule has 0 saturated carbocycles. The highest BCUT2D eigenvalue weighted by Gasteiger charge is 2.17. The minimum atomic E-state index is 0.169. The van der Waals surface area contributed by atoms with Gasteiger partial charge in [0.2, 0.25) is 0 Å². The average Bonchev–Trinajstić information content (AvgIpc) is 2.34. The summed E-state index contributed by atoms with van der Waals surface area (Å²) < 4.78 is 5.11. The van der Waals surface area contributed by atoms with E-state index in [9.17, 15) is 0 Å². The third-order valence-corrected chi connectivity index (χ3v) is 2.98. The predicted molar refractivity (Wildman–Crippen MR) is 78.9 cm³/mol. The molecule has 100 valence electrons. The van der Waals surface area contributed by atoms with Gasteiger partial charge in [0.1, 0.15) is 4.99 Å². The second-order valence-corrected chi connectivity index (χ2v) is 5.49. The number of rotatable bonds is 7. The van der Waals surface area contributed by atoms with Gasteiger partial charge >= 0.3 is 0 Å². The largest absolute Gasteiger partial charge is 0.388 e. The summed E-state index contributed by atoms with van der Waals surface area (Å²) in [6.45, 7) is 6.03. The van der Waals surface area contributed by atoms with Crippen LogP contribution in [0.3, 0.4) is 0 Å². The molecule has 0 aromatic carbocycles. The molecule has 5 heteroatoms. The Morgan fingerprint density at radius 1 is 1.56 bits per heavy atom. The number of hydrogen-bond acceptors (Lipinski definition) is 4. The number of nitrogens with two attached hydrogens (primary N) is 1. The van der Waals surface area contributed by atoms with Crippen molar-refractivity contribution in [1.29, 1.82) is 0 Å². The first-order valence-corrected chi connectivity index (χ1v) is 6.34. The fourth-order valence-corrected chi connectivity index (χ4v) is 1.59. The maximum atomic E-state index is 5.55. The number of aromatic nitrogens is 1. The Bertz CT molecular complexity index is 407. The Morgan fingerprint density at radius 2 is 2.28 bits per heavy atom. The van der Waals surface area contributed by atoms with E-state index in [1.165, 1.54) is 0 Å². The van der Waals surface area contributed by atoms with Crippen LogP contribution in [0, 0.1) is 5.41 Å². The molecule has 0 amide bonds. The third-order valence-electron chi connectivity index (χ3n) is 2.77. The van der Waals surface area contributed by atoms with Gasteiger partial charge in [0, 0.05) is 32.1 Å². The highest BCUT2D eigenvalue weighted by atomic mass is 32.1. The lowest BCUT2D eigenvalue weighted by Crippen LogP contribution is -2.24. The molecule has 0 radical (unpaired) electrons. The van der Waals surface area contributed by atoms with Gasteiger partial charge in [0.15, 0.2) is 0 Å². The van der Waals surface area contributed by atoms with Crippen LogP contribution >= 0.6 is 12.2 Å². The number of nitrogens with zero attached hydrogens (tertiary/aromatic N) is 1. The Balaban J connectivity index is 2.57. The van der Waals surface area contributed by atoms with Crippen LogP contribution in [0.4, 0.5) is 5.69 Å². The fraction of sp³-hybridized carbons (Fsp3) is 0.538. The molecule has 0 bridgehead atoms. The zero-order valence-electron chi connectivity index (χ0n) is 11.2. The van der Waals surface area contributed by atoms with Gasteiger partial charge in [0.05, 0.1) is 5.69 Å². The second kappa shape index (κ2) is 6.66. The Hall–Kier alpha value is -1.20. The quantitative estimate of drug-likeness (QED) is 0.742. The molecule has 18 heavy (non-hydrogen) atoms. The summed E-state index contributed by atoms with van der Waals surface area (Å²) in [6, 6.07) is 3.78. The molecule has 1 rings (SSSR count). The summed E-state index contributed by atoms with van der Waals surface area (Å²) >= 11 is 4.91. The van der Waals surface area contributed by atoms with E-state index in [-0.39, 0.29) is 5.41 Å². The first-order valence-electron chi connectivity index (χ1n) is 5.93. The van der Waals surface area contributed by atoms with Crippen LogP contribution in [-0.4, -0.2) is 30.2 Å². The highest BCUT2D eigenvalue weighted by Crippen LogP contribution is 2.21. The lowest BCUT2D eigenvalue weighted by molar-refractivity contribution is 0.157. The van der Waals surface area contributed by atoms with Crippen molar-refractivity contribution in [2.45, 2.75) is 20.3 Å². The number of methoxy groups -OCH3 is 1. The smallest absolute Gasteiger partial charge is 0.122 e. The van der Waals surface area contributed by atoms with E-state index < -0.39 is 0 Å². The fourth-order valence-electron chi connectivity index (χ4n) is 1.48. The van der Waals surface area contributed by atoms with Gasteiger partial charge < -0.3 is 15.8 Å². The first-order chi connectivity index (χ1) is 8.44. The summed E-state index contributed by atoms with van der Waals surface area (Å²) in [4.78, 5) is 4.42. The number of anilines is 1. The first kappa shape index (κ1) is 14.9. The van der Waals surface area contributed by atoms with Gasteiger partial charge in [-0.2, -0.15) is 0 Å². The van der Waals surface area contributed by atoms with Crippen molar-refractivity contribution < 1.29 is 4.74 Å². The maximum Gasteiger partial charge on any atom is 0.122 e. The molecule has 3 N–H and O–H groups in total. The molecule has 4 nitrogen and oxygen atoms in total. The summed E-state index contributed by atoms with van der Waals surface area (Å²) in [7, 11) is 1.72. The summed E-state index contributed by atoms with van der Waals surface area (Å²) in [5, 5.41) is 3.38. The van der Waals surface area contributed by atoms with Crippen molar-refractivity contribution in [3.05, 3.63) is 24.0 Å². The minimum absolute atomic E-state index is 0.169. The zero-order chi connectivity index (χ0) is 13.6. The average molecular weight is 267 g/mol. The molecule has 0 fully saturated rings. The predicted octanol–water partition coefficient (Wildman–Crippen LogP) is 2.19. The molecule has 0 atom stereocenters. The maximum absolute atomic E-state index is 5.55. The van der Waals surface area contributed by atoms with Crippen molar-refractivity contribution in [1.82, 2.24) is 4.98 Å². The zero-order valence-corrected chi connectivity index (χ0v) is 12.0. The minimum Gasteiger partial charge on any atom is -0.388 e. The summed E-state index contributed by atoms with van der Waals surface area (Å²) in [5.41, 5.74) is 7.35. The van der Waals surface area contributed by atoms with Crippen LogP contribution in [0.5, 0.6) is 0 Å². The van der Waals surface area contributed by atoms with Gasteiger partial charge in [-0.05, 0) is 24.0 Å². The molecule has 1 heterocycles. The Labute approximate surface area is 114 Å². The summed E-state index contributed by atoms with van der Waals surface area (Å²) in [6.07, 6.45) is 2.71. The van der Waals surface area contributed by atoms with Gasteiger partial charge in [-0.15, -0.1) is 0 Å². The Morgan fingerprint density at radius 3 is 2.89 bits per heavy atom. The van der Waals surface area contributed by atoms with E-state index in [0.717, 1.165) is 25.3 Å². The topological polar surface area (TPSA) is 60.2 Å². The summed E-state index contributed by atoms with van der Waals surface area (Å²) in [5.74, 6) is 0. The number of thiocarbonyl (C=S) groups is 1. The van der Waals surface area contributed by atoms with Crippen LogP contribution in [0.25, 0.3) is 0 Å². The lowest BCUT2D eigenvalue weighted by atomic mass is 9.89. The van der Waals surface area contributed by atoms with Gasteiger partial charge in [0.25, 0.3) is 0 Å². The van der Waals surface area contributed by atoms with Crippen molar-refractivity contribution in [3.8, 4) is 0 Å². The van der Waals surface area contributed by atoms with Crippen molar-refractivity contribution in [3.63, 3.8) is 0 Å². The molecule has 0 aliphatic carbocycles. The van der Waals surface area contributed by atoms with E-state index in [1.54, 1.807) is 13.3 Å². The van der Waals surface area contributed by atoms with Gasteiger partial charge in [-0.3, -0.25) is 4.98 Å². The second-order valence-electron chi connectivity index (χ2n) is 5.05. The third kappa shape index (κ3) is 4.98. The van der Waals surface area contributed by atoms with Gasteiger partial charge in [-0.25, -0.2) is 0 Å². The highest BCUT2D eigenvalue weighted by molar-refractivity contribution is 7.80. The monoisotopic (exact) mass is 267 g/mol. The molecular formula is C13H21N3OS. The standard InChI is InChI=1S/C13H21N3OS/c1-13(2,5-7-17-3)9-16-10-4-6-15-11(8-10)12(14)18/h4,6,8H,5,7,9H2,1-3H3,(H2,14,18)(H,15,16). The van der Waals surface area contributed by atoms with E-state index >= 15 is 0 Å². The van der Waals surface area contributed by atoms with Crippen molar-refractivity contribution in [2.24, 2.45) is 11.1 Å². The van der Waals surface area contributed by atoms with E-state index in [4.69, 9.17) is 22.7 Å². The number of nitrogens with one attached hydrogen (secondary N) is 1. The molecule has 0 aliphatic heterocycles. The molecule has 0 spiro atoms. The Kier molecular flexibility index (Phi) is 5.50. The van der Waals surface area contributed by atoms with Crippen LogP contribution in [0.1, 0.15) is 26.0 Å². The number of ether oxygens (including phenoxy) is 1. The SMILES string of the molecule is COCCC(C)(C)CNc1ccnc(C(N)=S)c1. The molecule has 0 saturated heterocycles. The van der Waals surface area contributed by atoms with E-state index in [2.05, 4.69) is 24.1 Å². The molecule has 1 aromatic rings. The number of pyridine rings is 1. The lowest BCUT2D eigenvalue weighted by Gasteiger charge is -2.25. The van der Waals surface area contributed by atoms with Crippen molar-refractivity contribution >= 4 is 22.9 Å². The molecule has 0 aliphatic rings.